The van der Waals surface area contributed by atoms with Crippen LogP contribution in [-0.4, -0.2) is 4.98 Å². The largest absolute Gasteiger partial charge is 0.260 e. The Balaban J connectivity index is 1.51. The van der Waals surface area contributed by atoms with Gasteiger partial charge in [-0.05, 0) is 61.6 Å². The van der Waals surface area contributed by atoms with Crippen LogP contribution in [0.25, 0.3) is 11.1 Å². The SMILES string of the molecule is CCCCCCc1ccc(-c2ccc(C3CCC(CCCC)CC3)nc2)cc1. The molecule has 0 radical (unpaired) electrons. The van der Waals surface area contributed by atoms with E-state index in [1.165, 1.54) is 99.4 Å². The summed E-state index contributed by atoms with van der Waals surface area (Å²) < 4.78 is 0. The molecule has 0 atom stereocenters. The summed E-state index contributed by atoms with van der Waals surface area (Å²) in [6.07, 6.45) is 18.2. The number of aryl methyl sites for hydroxylation is 1. The van der Waals surface area contributed by atoms with Gasteiger partial charge in [0.05, 0.1) is 0 Å². The lowest BCUT2D eigenvalue weighted by Crippen LogP contribution is -2.14. The standard InChI is InChI=1S/C27H39N/c1-3-5-7-8-10-23-11-15-24(16-12-23)26-19-20-27(28-21-26)25-17-13-22(14-18-25)9-6-4-2/h11-12,15-16,19-22,25H,3-10,13-14,17-18H2,1-2H3. The summed E-state index contributed by atoms with van der Waals surface area (Å²) in [6, 6.07) is 13.7. The molecule has 1 aromatic carbocycles. The van der Waals surface area contributed by atoms with E-state index in [0.29, 0.717) is 5.92 Å². The Morgan fingerprint density at radius 2 is 1.46 bits per heavy atom. The first-order valence-corrected chi connectivity index (χ1v) is 11.9. The monoisotopic (exact) mass is 377 g/mol. The molecule has 0 amide bonds. The van der Waals surface area contributed by atoms with Crippen molar-refractivity contribution in [1.82, 2.24) is 4.98 Å². The summed E-state index contributed by atoms with van der Waals surface area (Å²) in [5.41, 5.74) is 5.31. The molecule has 0 aliphatic heterocycles. The van der Waals surface area contributed by atoms with Crippen LogP contribution in [0.4, 0.5) is 0 Å². The van der Waals surface area contributed by atoms with Crippen molar-refractivity contribution >= 4 is 0 Å². The molecule has 0 unspecified atom stereocenters. The van der Waals surface area contributed by atoms with Gasteiger partial charge in [-0.2, -0.15) is 0 Å². The number of nitrogens with zero attached hydrogens (tertiary/aromatic N) is 1. The number of aromatic nitrogens is 1. The van der Waals surface area contributed by atoms with Crippen molar-refractivity contribution in [2.75, 3.05) is 0 Å². The zero-order valence-corrected chi connectivity index (χ0v) is 18.1. The molecule has 0 bridgehead atoms. The van der Waals surface area contributed by atoms with Crippen molar-refractivity contribution in [3.8, 4) is 11.1 Å². The zero-order valence-electron chi connectivity index (χ0n) is 18.1. The fourth-order valence-electron chi connectivity index (χ4n) is 4.68. The van der Waals surface area contributed by atoms with Crippen molar-refractivity contribution in [2.24, 2.45) is 5.92 Å². The Bertz CT molecular complexity index is 662. The highest BCUT2D eigenvalue weighted by molar-refractivity contribution is 5.62. The molecule has 3 rings (SSSR count). The Kier molecular flexibility index (Phi) is 8.58. The molecule has 0 N–H and O–H groups in total. The predicted molar refractivity (Wildman–Crippen MR) is 122 cm³/mol. The molecule has 2 aromatic rings. The fraction of sp³-hybridized carbons (Fsp3) is 0.593. The van der Waals surface area contributed by atoms with Gasteiger partial charge in [-0.3, -0.25) is 4.98 Å². The van der Waals surface area contributed by atoms with Crippen molar-refractivity contribution in [3.63, 3.8) is 0 Å². The van der Waals surface area contributed by atoms with Gasteiger partial charge in [0, 0.05) is 23.4 Å². The van der Waals surface area contributed by atoms with E-state index in [1.807, 2.05) is 0 Å². The van der Waals surface area contributed by atoms with Gasteiger partial charge in [-0.25, -0.2) is 0 Å². The maximum Gasteiger partial charge on any atom is 0.0434 e. The Morgan fingerprint density at radius 3 is 2.11 bits per heavy atom. The molecule has 1 heterocycles. The smallest absolute Gasteiger partial charge is 0.0434 e. The van der Waals surface area contributed by atoms with Crippen LogP contribution in [0.2, 0.25) is 0 Å². The van der Waals surface area contributed by atoms with Gasteiger partial charge in [0.2, 0.25) is 0 Å². The highest BCUT2D eigenvalue weighted by Crippen LogP contribution is 2.37. The highest BCUT2D eigenvalue weighted by atomic mass is 14.7. The van der Waals surface area contributed by atoms with Crippen LogP contribution in [0.3, 0.4) is 0 Å². The third kappa shape index (κ3) is 6.19. The van der Waals surface area contributed by atoms with E-state index in [2.05, 4.69) is 56.4 Å². The third-order valence-corrected chi connectivity index (χ3v) is 6.62. The number of hydrogen-bond donors (Lipinski definition) is 0. The summed E-state index contributed by atoms with van der Waals surface area (Å²) in [5, 5.41) is 0. The molecule has 1 fully saturated rings. The minimum atomic E-state index is 0.678. The lowest BCUT2D eigenvalue weighted by Gasteiger charge is -2.28. The minimum absolute atomic E-state index is 0.678. The maximum atomic E-state index is 4.86. The topological polar surface area (TPSA) is 12.9 Å². The van der Waals surface area contributed by atoms with Crippen LogP contribution in [0.15, 0.2) is 42.6 Å². The van der Waals surface area contributed by atoms with Crippen LogP contribution in [0, 0.1) is 5.92 Å². The molecule has 1 heteroatoms. The first-order chi connectivity index (χ1) is 13.8. The van der Waals surface area contributed by atoms with E-state index in [4.69, 9.17) is 4.98 Å². The average molecular weight is 378 g/mol. The van der Waals surface area contributed by atoms with Crippen LogP contribution < -0.4 is 0 Å². The number of rotatable bonds is 10. The third-order valence-electron chi connectivity index (χ3n) is 6.62. The fourth-order valence-corrected chi connectivity index (χ4v) is 4.68. The van der Waals surface area contributed by atoms with Gasteiger partial charge in [0.25, 0.3) is 0 Å². The Morgan fingerprint density at radius 1 is 0.750 bits per heavy atom. The van der Waals surface area contributed by atoms with Crippen molar-refractivity contribution in [2.45, 2.75) is 96.8 Å². The van der Waals surface area contributed by atoms with E-state index in [0.717, 1.165) is 5.92 Å². The van der Waals surface area contributed by atoms with Crippen molar-refractivity contribution in [3.05, 3.63) is 53.9 Å². The number of pyridine rings is 1. The minimum Gasteiger partial charge on any atom is -0.260 e. The van der Waals surface area contributed by atoms with Gasteiger partial charge >= 0.3 is 0 Å². The van der Waals surface area contributed by atoms with Crippen LogP contribution >= 0.6 is 0 Å². The summed E-state index contributed by atoms with van der Waals surface area (Å²) in [6.45, 7) is 4.57. The summed E-state index contributed by atoms with van der Waals surface area (Å²) in [5.74, 6) is 1.65. The molecule has 1 aliphatic rings. The molecule has 28 heavy (non-hydrogen) atoms. The second-order valence-corrected chi connectivity index (χ2v) is 8.84. The van der Waals surface area contributed by atoms with E-state index < -0.39 is 0 Å². The molecular weight excluding hydrogens is 338 g/mol. The zero-order chi connectivity index (χ0) is 19.6. The van der Waals surface area contributed by atoms with Gasteiger partial charge in [-0.1, -0.05) is 82.7 Å². The number of benzene rings is 1. The molecule has 152 valence electrons. The molecular formula is C27H39N. The summed E-state index contributed by atoms with van der Waals surface area (Å²) in [7, 11) is 0. The lowest BCUT2D eigenvalue weighted by molar-refractivity contribution is 0.301. The quantitative estimate of drug-likeness (QED) is 0.379. The van der Waals surface area contributed by atoms with Gasteiger partial charge < -0.3 is 0 Å². The molecule has 0 saturated heterocycles. The molecule has 1 nitrogen and oxygen atoms in total. The van der Waals surface area contributed by atoms with Crippen molar-refractivity contribution < 1.29 is 0 Å². The molecule has 1 saturated carbocycles. The first kappa shape index (κ1) is 21.1. The molecule has 1 aromatic heterocycles. The normalized spacial score (nSPS) is 19.6. The van der Waals surface area contributed by atoms with Crippen molar-refractivity contribution in [1.29, 1.82) is 0 Å². The Hall–Kier alpha value is -1.63. The molecule has 0 spiro atoms. The van der Waals surface area contributed by atoms with Gasteiger partial charge in [0.1, 0.15) is 0 Å². The second-order valence-electron chi connectivity index (χ2n) is 8.84. The van der Waals surface area contributed by atoms with Crippen LogP contribution in [0.5, 0.6) is 0 Å². The van der Waals surface area contributed by atoms with Crippen LogP contribution in [-0.2, 0) is 6.42 Å². The van der Waals surface area contributed by atoms with E-state index in [9.17, 15) is 0 Å². The lowest BCUT2D eigenvalue weighted by atomic mass is 9.78. The predicted octanol–water partition coefficient (Wildman–Crippen LogP) is 8.34. The number of hydrogen-bond acceptors (Lipinski definition) is 1. The van der Waals surface area contributed by atoms with E-state index in [-0.39, 0.29) is 0 Å². The first-order valence-electron chi connectivity index (χ1n) is 11.9. The number of unbranched alkanes of at least 4 members (excludes halogenated alkanes) is 4. The van der Waals surface area contributed by atoms with Gasteiger partial charge in [-0.15, -0.1) is 0 Å². The summed E-state index contributed by atoms with van der Waals surface area (Å²) >= 11 is 0. The summed E-state index contributed by atoms with van der Waals surface area (Å²) in [4.78, 5) is 4.86. The average Bonchev–Trinajstić information content (AvgIpc) is 2.76. The van der Waals surface area contributed by atoms with Crippen LogP contribution in [0.1, 0.15) is 102 Å². The van der Waals surface area contributed by atoms with E-state index >= 15 is 0 Å². The molecule has 1 aliphatic carbocycles. The van der Waals surface area contributed by atoms with E-state index in [1.54, 1.807) is 0 Å². The Labute approximate surface area is 173 Å². The highest BCUT2D eigenvalue weighted by Gasteiger charge is 2.22. The van der Waals surface area contributed by atoms with Gasteiger partial charge in [0.15, 0.2) is 0 Å². The second kappa shape index (κ2) is 11.4. The maximum absolute atomic E-state index is 4.86.